The minimum absolute atomic E-state index is 0.167. The molecule has 224 valence electrons. The van der Waals surface area contributed by atoms with Crippen LogP contribution in [-0.2, 0) is 25.8 Å². The molecule has 0 spiro atoms. The normalized spacial score (nSPS) is 13.4. The summed E-state index contributed by atoms with van der Waals surface area (Å²) in [4.78, 5) is 28.8. The summed E-state index contributed by atoms with van der Waals surface area (Å²) in [5.41, 5.74) is 0.786. The molecule has 1 N–H and O–H groups in total. The number of anilines is 1. The number of nitrogens with one attached hydrogen (secondary N) is 1. The van der Waals surface area contributed by atoms with Crippen LogP contribution >= 0.6 is 0 Å². The van der Waals surface area contributed by atoms with Gasteiger partial charge in [-0.1, -0.05) is 84.9 Å². The fourth-order valence-corrected chi connectivity index (χ4v) is 5.71. The first-order chi connectivity index (χ1) is 20.4. The van der Waals surface area contributed by atoms with Gasteiger partial charge in [-0.3, -0.25) is 9.69 Å². The van der Waals surface area contributed by atoms with E-state index in [0.29, 0.717) is 18.5 Å². The third kappa shape index (κ3) is 8.78. The lowest BCUT2D eigenvalue weighted by atomic mass is 10.0. The van der Waals surface area contributed by atoms with Crippen LogP contribution in [0.15, 0.2) is 120 Å². The van der Waals surface area contributed by atoms with Crippen molar-refractivity contribution in [2.45, 2.75) is 63.1 Å². The maximum Gasteiger partial charge on any atom is 0.415 e. The third-order valence-electron chi connectivity index (χ3n) is 6.84. The maximum atomic E-state index is 13.8. The van der Waals surface area contributed by atoms with Crippen LogP contribution in [0.5, 0.6) is 0 Å². The van der Waals surface area contributed by atoms with E-state index in [4.69, 9.17) is 4.74 Å². The van der Waals surface area contributed by atoms with Crippen molar-refractivity contribution >= 4 is 38.3 Å². The Bertz CT molecular complexity index is 1680. The van der Waals surface area contributed by atoms with E-state index in [1.54, 1.807) is 52.0 Å². The Morgan fingerprint density at radius 1 is 0.860 bits per heavy atom. The zero-order chi connectivity index (χ0) is 31.0. The Morgan fingerprint density at radius 3 is 2.12 bits per heavy atom. The van der Waals surface area contributed by atoms with Gasteiger partial charge in [0.25, 0.3) is 0 Å². The minimum atomic E-state index is -3.72. The summed E-state index contributed by atoms with van der Waals surface area (Å²) in [5.74, 6) is -0.446. The van der Waals surface area contributed by atoms with Crippen LogP contribution in [0.3, 0.4) is 0 Å². The molecule has 2 atom stereocenters. The van der Waals surface area contributed by atoms with Gasteiger partial charge in [0.1, 0.15) is 11.6 Å². The van der Waals surface area contributed by atoms with Gasteiger partial charge in [0.05, 0.1) is 4.90 Å². The van der Waals surface area contributed by atoms with Gasteiger partial charge in [-0.25, -0.2) is 13.2 Å². The zero-order valence-electron chi connectivity index (χ0n) is 24.9. The van der Waals surface area contributed by atoms with E-state index in [0.717, 1.165) is 21.7 Å². The molecule has 4 rings (SSSR count). The molecule has 4 aromatic rings. The van der Waals surface area contributed by atoms with Gasteiger partial charge in [-0.2, -0.15) is 0 Å². The number of ether oxygens (including phenoxy) is 1. The number of hydrogen-bond acceptors (Lipinski definition) is 5. The second-order valence-corrected chi connectivity index (χ2v) is 13.2. The molecule has 0 aliphatic carbocycles. The van der Waals surface area contributed by atoms with Crippen molar-refractivity contribution in [1.29, 1.82) is 0 Å². The molecular formula is C35H38N2O5S. The molecule has 0 aliphatic heterocycles. The van der Waals surface area contributed by atoms with Crippen molar-refractivity contribution in [3.05, 3.63) is 120 Å². The highest BCUT2D eigenvalue weighted by molar-refractivity contribution is 7.94. The van der Waals surface area contributed by atoms with Gasteiger partial charge in [-0.15, -0.1) is 0 Å². The van der Waals surface area contributed by atoms with Crippen LogP contribution in [0.1, 0.15) is 39.7 Å². The fraction of sp³-hybridized carbons (Fsp3) is 0.257. The van der Waals surface area contributed by atoms with E-state index in [1.807, 2.05) is 66.7 Å². The average molecular weight is 599 g/mol. The van der Waals surface area contributed by atoms with Crippen molar-refractivity contribution in [3.63, 3.8) is 0 Å². The van der Waals surface area contributed by atoms with E-state index in [1.165, 1.54) is 23.1 Å². The van der Waals surface area contributed by atoms with Gasteiger partial charge < -0.3 is 10.1 Å². The largest absolute Gasteiger partial charge is 0.443 e. The zero-order valence-corrected chi connectivity index (χ0v) is 25.8. The monoisotopic (exact) mass is 598 g/mol. The number of nitrogens with zero attached hydrogens (tertiary/aromatic N) is 1. The molecule has 0 saturated carbocycles. The Morgan fingerprint density at radius 2 is 1.47 bits per heavy atom. The molecule has 2 amide bonds. The number of carbonyl (C=O) groups excluding carboxylic acids is 2. The third-order valence-corrected chi connectivity index (χ3v) is 8.29. The molecule has 4 aromatic carbocycles. The average Bonchev–Trinajstić information content (AvgIpc) is 2.98. The number of amides is 2. The van der Waals surface area contributed by atoms with E-state index in [2.05, 4.69) is 5.32 Å². The lowest BCUT2D eigenvalue weighted by Gasteiger charge is -2.32. The molecule has 0 unspecified atom stereocenters. The molecule has 0 radical (unpaired) electrons. The van der Waals surface area contributed by atoms with E-state index in [-0.39, 0.29) is 4.90 Å². The Kier molecular flexibility index (Phi) is 10.0. The molecular weight excluding hydrogens is 560 g/mol. The number of carbonyl (C=O) groups is 2. The van der Waals surface area contributed by atoms with Crippen LogP contribution in [0.25, 0.3) is 10.8 Å². The van der Waals surface area contributed by atoms with Crippen LogP contribution in [-0.4, -0.2) is 38.1 Å². The number of sulfone groups is 1. The number of fused-ring (bicyclic) bond motifs is 1. The van der Waals surface area contributed by atoms with E-state index < -0.39 is 39.5 Å². The SMILES string of the molecule is C[C@@H](C(=O)N[C@H](C=CS(=O)(=O)c1ccccc1)CCc1ccccc1)N(C(=O)OC(C)(C)C)c1ccc2ccccc2c1. The summed E-state index contributed by atoms with van der Waals surface area (Å²) >= 11 is 0. The lowest BCUT2D eigenvalue weighted by molar-refractivity contribution is -0.122. The van der Waals surface area contributed by atoms with E-state index >= 15 is 0 Å². The van der Waals surface area contributed by atoms with Crippen LogP contribution < -0.4 is 10.2 Å². The van der Waals surface area contributed by atoms with Crippen molar-refractivity contribution in [3.8, 4) is 0 Å². The van der Waals surface area contributed by atoms with Gasteiger partial charge >= 0.3 is 6.09 Å². The van der Waals surface area contributed by atoms with Crippen molar-refractivity contribution in [2.75, 3.05) is 4.90 Å². The fourth-order valence-electron chi connectivity index (χ4n) is 4.62. The topological polar surface area (TPSA) is 92.8 Å². The number of hydrogen-bond donors (Lipinski definition) is 1. The molecule has 7 nitrogen and oxygen atoms in total. The maximum absolute atomic E-state index is 13.8. The second kappa shape index (κ2) is 13.7. The van der Waals surface area contributed by atoms with Gasteiger partial charge in [0.15, 0.2) is 9.84 Å². The molecule has 0 aromatic heterocycles. The van der Waals surface area contributed by atoms with E-state index in [9.17, 15) is 18.0 Å². The standard InChI is InChI=1S/C35H38N2O5S/c1-26(37(34(39)42-35(2,3)4)31-22-20-28-15-11-12-16-29(28)25-31)33(38)36-30(21-19-27-13-7-5-8-14-27)23-24-43(40,41)32-17-9-6-10-18-32/h5-18,20,22-26,30H,19,21H2,1-4H3,(H,36,38)/t26-,30-/m0/s1. The second-order valence-electron chi connectivity index (χ2n) is 11.4. The minimum Gasteiger partial charge on any atom is -0.443 e. The van der Waals surface area contributed by atoms with Crippen molar-refractivity contribution in [1.82, 2.24) is 5.32 Å². The first kappa shape index (κ1) is 31.5. The quantitative estimate of drug-likeness (QED) is 0.211. The first-order valence-electron chi connectivity index (χ1n) is 14.3. The summed E-state index contributed by atoms with van der Waals surface area (Å²) < 4.78 is 31.7. The Hall–Kier alpha value is -4.43. The van der Waals surface area contributed by atoms with Crippen molar-refractivity contribution < 1.29 is 22.7 Å². The van der Waals surface area contributed by atoms with Gasteiger partial charge in [-0.05, 0) is 81.1 Å². The van der Waals surface area contributed by atoms with Gasteiger partial charge in [0, 0.05) is 17.1 Å². The Labute approximate surface area is 254 Å². The van der Waals surface area contributed by atoms with Crippen LogP contribution in [0, 0.1) is 0 Å². The van der Waals surface area contributed by atoms with Gasteiger partial charge in [0.2, 0.25) is 5.91 Å². The van der Waals surface area contributed by atoms with Crippen molar-refractivity contribution in [2.24, 2.45) is 0 Å². The highest BCUT2D eigenvalue weighted by Gasteiger charge is 2.32. The number of aryl methyl sites for hydroxylation is 1. The molecule has 0 aliphatic rings. The number of rotatable bonds is 10. The first-order valence-corrected chi connectivity index (χ1v) is 15.8. The summed E-state index contributed by atoms with van der Waals surface area (Å²) in [5, 5.41) is 6.02. The highest BCUT2D eigenvalue weighted by Crippen LogP contribution is 2.26. The predicted molar refractivity (Wildman–Crippen MR) is 172 cm³/mol. The molecule has 0 heterocycles. The molecule has 0 fully saturated rings. The lowest BCUT2D eigenvalue weighted by Crippen LogP contribution is -2.51. The molecule has 43 heavy (non-hydrogen) atoms. The summed E-state index contributed by atoms with van der Waals surface area (Å²) in [6, 6.07) is 29.6. The Balaban J connectivity index is 1.62. The summed E-state index contributed by atoms with van der Waals surface area (Å²) in [6.07, 6.45) is 1.90. The summed E-state index contributed by atoms with van der Waals surface area (Å²) in [6.45, 7) is 6.94. The molecule has 0 saturated heterocycles. The highest BCUT2D eigenvalue weighted by atomic mass is 32.2. The molecule has 0 bridgehead atoms. The number of benzene rings is 4. The summed E-state index contributed by atoms with van der Waals surface area (Å²) in [7, 11) is -3.72. The predicted octanol–water partition coefficient (Wildman–Crippen LogP) is 7.08. The van der Waals surface area contributed by atoms with Crippen LogP contribution in [0.4, 0.5) is 10.5 Å². The molecule has 8 heteroatoms. The van der Waals surface area contributed by atoms with Crippen LogP contribution in [0.2, 0.25) is 0 Å². The smallest absolute Gasteiger partial charge is 0.415 e.